The lowest BCUT2D eigenvalue weighted by molar-refractivity contribution is -0.173. The van der Waals surface area contributed by atoms with Gasteiger partial charge < -0.3 is 10.6 Å². The molecule has 0 atom stereocenters. The van der Waals surface area contributed by atoms with Gasteiger partial charge in [0, 0.05) is 17.9 Å². The van der Waals surface area contributed by atoms with Gasteiger partial charge in [-0.3, -0.25) is 20.4 Å². The van der Waals surface area contributed by atoms with Crippen LogP contribution in [0.15, 0.2) is 53.4 Å². The van der Waals surface area contributed by atoms with Crippen LogP contribution in [-0.4, -0.2) is 32.2 Å². The molecule has 0 saturated heterocycles. The van der Waals surface area contributed by atoms with Crippen molar-refractivity contribution in [1.82, 2.24) is 10.7 Å². The van der Waals surface area contributed by atoms with Gasteiger partial charge in [-0.15, -0.1) is 0 Å². The molecule has 0 unspecified atom stereocenters. The van der Waals surface area contributed by atoms with Gasteiger partial charge in [0.05, 0.1) is 10.6 Å². The normalized spacial score (nSPS) is 11.6. The summed E-state index contributed by atoms with van der Waals surface area (Å²) in [4.78, 5) is 10.8. The summed E-state index contributed by atoms with van der Waals surface area (Å²) in [6.07, 6.45) is -4.09. The van der Waals surface area contributed by atoms with E-state index in [1.807, 2.05) is 0 Å². The highest BCUT2D eigenvalue weighted by atomic mass is 32.2. The molecular formula is C20H24F3N5O3S2. The van der Waals surface area contributed by atoms with Crippen molar-refractivity contribution in [1.29, 1.82) is 0 Å². The lowest BCUT2D eigenvalue weighted by Gasteiger charge is -2.14. The van der Waals surface area contributed by atoms with E-state index < -0.39 is 22.1 Å². The lowest BCUT2D eigenvalue weighted by atomic mass is 10.1. The van der Waals surface area contributed by atoms with Crippen LogP contribution in [0.25, 0.3) is 0 Å². The van der Waals surface area contributed by atoms with Gasteiger partial charge in [0.1, 0.15) is 0 Å². The Morgan fingerprint density at radius 3 is 2.27 bits per heavy atom. The van der Waals surface area contributed by atoms with Gasteiger partial charge in [0.25, 0.3) is 10.0 Å². The van der Waals surface area contributed by atoms with Gasteiger partial charge >= 0.3 is 12.1 Å². The third-order valence-electron chi connectivity index (χ3n) is 4.12. The Labute approximate surface area is 195 Å². The number of hydrogen-bond acceptors (Lipinski definition) is 5. The molecule has 0 saturated carbocycles. The number of rotatable bonds is 9. The molecule has 2 rings (SSSR count). The summed E-state index contributed by atoms with van der Waals surface area (Å²) in [5, 5.41) is 6.36. The Morgan fingerprint density at radius 2 is 1.67 bits per heavy atom. The maximum absolute atomic E-state index is 12.7. The number of benzene rings is 2. The molecule has 33 heavy (non-hydrogen) atoms. The van der Waals surface area contributed by atoms with Crippen LogP contribution in [0.5, 0.6) is 0 Å². The summed E-state index contributed by atoms with van der Waals surface area (Å²) < 4.78 is 64.4. The molecule has 2 aromatic rings. The number of alkyl halides is 3. The van der Waals surface area contributed by atoms with Crippen LogP contribution in [0.3, 0.4) is 0 Å². The molecule has 13 heteroatoms. The molecule has 0 aliphatic heterocycles. The molecule has 0 aliphatic carbocycles. The monoisotopic (exact) mass is 503 g/mol. The maximum atomic E-state index is 12.7. The SMILES string of the molecule is CC(C)CCNC(=S)Nc1cccc(S(=O)(=O)Nc2ccc(NNC(=O)C(F)(F)F)cc2)c1. The van der Waals surface area contributed by atoms with Crippen molar-refractivity contribution in [3.63, 3.8) is 0 Å². The van der Waals surface area contributed by atoms with Gasteiger partial charge in [0.2, 0.25) is 0 Å². The number of anilines is 3. The standard InChI is InChI=1S/C20H24F3N5O3S2/c1-13(2)10-11-24-19(32)25-16-4-3-5-17(12-16)33(30,31)28-15-8-6-14(7-9-15)26-27-18(29)20(21,22)23/h3-9,12-13,26,28H,10-11H2,1-2H3,(H,27,29)(H2,24,25,32). The van der Waals surface area contributed by atoms with Gasteiger partial charge in [-0.2, -0.15) is 13.2 Å². The molecule has 0 bridgehead atoms. The van der Waals surface area contributed by atoms with Crippen molar-refractivity contribution in [3.05, 3.63) is 48.5 Å². The van der Waals surface area contributed by atoms with Crippen molar-refractivity contribution in [2.75, 3.05) is 22.0 Å². The molecule has 1 amide bonds. The third-order valence-corrected chi connectivity index (χ3v) is 5.75. The van der Waals surface area contributed by atoms with Gasteiger partial charge in [-0.1, -0.05) is 19.9 Å². The van der Waals surface area contributed by atoms with Crippen LogP contribution in [0.1, 0.15) is 20.3 Å². The second kappa shape index (κ2) is 11.2. The Kier molecular flexibility index (Phi) is 8.88. The van der Waals surface area contributed by atoms with Crippen LogP contribution >= 0.6 is 12.2 Å². The minimum Gasteiger partial charge on any atom is -0.362 e. The molecule has 0 spiro atoms. The zero-order chi connectivity index (χ0) is 24.6. The van der Waals surface area contributed by atoms with E-state index in [4.69, 9.17) is 12.2 Å². The Bertz CT molecular complexity index is 1080. The summed E-state index contributed by atoms with van der Waals surface area (Å²) in [5.41, 5.74) is 4.38. The smallest absolute Gasteiger partial charge is 0.362 e. The highest BCUT2D eigenvalue weighted by Gasteiger charge is 2.38. The fourth-order valence-electron chi connectivity index (χ4n) is 2.43. The second-order valence-corrected chi connectivity index (χ2v) is 9.44. The van der Waals surface area contributed by atoms with E-state index in [2.05, 4.69) is 34.6 Å². The van der Waals surface area contributed by atoms with Gasteiger partial charge in [-0.25, -0.2) is 8.42 Å². The summed E-state index contributed by atoms with van der Waals surface area (Å²) in [5.74, 6) is -1.64. The predicted molar refractivity (Wildman–Crippen MR) is 125 cm³/mol. The lowest BCUT2D eigenvalue weighted by Crippen LogP contribution is -2.40. The van der Waals surface area contributed by atoms with Crippen molar-refractivity contribution < 1.29 is 26.4 Å². The summed E-state index contributed by atoms with van der Waals surface area (Å²) in [6, 6.07) is 11.3. The van der Waals surface area contributed by atoms with Crippen LogP contribution < -0.4 is 26.2 Å². The molecule has 2 aromatic carbocycles. The molecule has 0 radical (unpaired) electrons. The highest BCUT2D eigenvalue weighted by molar-refractivity contribution is 7.92. The number of carbonyl (C=O) groups excluding carboxylic acids is 1. The topological polar surface area (TPSA) is 111 Å². The predicted octanol–water partition coefficient (Wildman–Crippen LogP) is 3.83. The number of sulfonamides is 1. The second-order valence-electron chi connectivity index (χ2n) is 7.35. The molecule has 0 fully saturated rings. The molecular weight excluding hydrogens is 479 g/mol. The minimum absolute atomic E-state index is 0.0166. The van der Waals surface area contributed by atoms with E-state index in [0.717, 1.165) is 6.42 Å². The molecule has 0 aromatic heterocycles. The quantitative estimate of drug-likeness (QED) is 0.261. The Hall–Kier alpha value is -3.06. The van der Waals surface area contributed by atoms with E-state index in [1.165, 1.54) is 41.8 Å². The van der Waals surface area contributed by atoms with Crippen LogP contribution in [0.2, 0.25) is 0 Å². The zero-order valence-corrected chi connectivity index (χ0v) is 19.4. The van der Waals surface area contributed by atoms with Crippen molar-refractivity contribution in [2.24, 2.45) is 5.92 Å². The number of amides is 1. The Balaban J connectivity index is 1.99. The average molecular weight is 504 g/mol. The van der Waals surface area contributed by atoms with E-state index in [0.29, 0.717) is 23.3 Å². The number of carbonyl (C=O) groups is 1. The first-order valence-electron chi connectivity index (χ1n) is 9.78. The van der Waals surface area contributed by atoms with Gasteiger partial charge in [-0.05, 0) is 67.0 Å². The van der Waals surface area contributed by atoms with E-state index in [-0.39, 0.29) is 16.3 Å². The van der Waals surface area contributed by atoms with Crippen molar-refractivity contribution >= 4 is 50.3 Å². The first-order valence-corrected chi connectivity index (χ1v) is 11.7. The molecule has 0 aliphatic rings. The zero-order valence-electron chi connectivity index (χ0n) is 17.8. The fourth-order valence-corrected chi connectivity index (χ4v) is 3.75. The van der Waals surface area contributed by atoms with Crippen molar-refractivity contribution in [2.45, 2.75) is 31.3 Å². The molecule has 5 N–H and O–H groups in total. The number of halogens is 3. The third kappa shape index (κ3) is 8.77. The van der Waals surface area contributed by atoms with Crippen LogP contribution in [0, 0.1) is 5.92 Å². The average Bonchev–Trinajstić information content (AvgIpc) is 2.72. The van der Waals surface area contributed by atoms with E-state index in [1.54, 1.807) is 12.1 Å². The number of thiocarbonyl (C=S) groups is 1. The number of nitrogens with one attached hydrogen (secondary N) is 5. The van der Waals surface area contributed by atoms with Crippen LogP contribution in [-0.2, 0) is 14.8 Å². The first-order chi connectivity index (χ1) is 15.4. The molecule has 0 heterocycles. The molecule has 8 nitrogen and oxygen atoms in total. The van der Waals surface area contributed by atoms with Gasteiger partial charge in [0.15, 0.2) is 5.11 Å². The summed E-state index contributed by atoms with van der Waals surface area (Å²) in [7, 11) is -3.95. The summed E-state index contributed by atoms with van der Waals surface area (Å²) in [6.45, 7) is 4.87. The highest BCUT2D eigenvalue weighted by Crippen LogP contribution is 2.21. The van der Waals surface area contributed by atoms with Crippen molar-refractivity contribution in [3.8, 4) is 0 Å². The maximum Gasteiger partial charge on any atom is 0.472 e. The van der Waals surface area contributed by atoms with Crippen LogP contribution in [0.4, 0.5) is 30.2 Å². The van der Waals surface area contributed by atoms with E-state index >= 15 is 0 Å². The minimum atomic E-state index is -5.03. The number of hydrazine groups is 1. The fraction of sp³-hybridized carbons (Fsp3) is 0.300. The summed E-state index contributed by atoms with van der Waals surface area (Å²) >= 11 is 5.22. The molecule has 180 valence electrons. The number of hydrogen-bond donors (Lipinski definition) is 5. The largest absolute Gasteiger partial charge is 0.472 e. The Morgan fingerprint density at radius 1 is 1.03 bits per heavy atom. The first kappa shape index (κ1) is 26.2. The van der Waals surface area contributed by atoms with E-state index in [9.17, 15) is 26.4 Å².